The zero-order valence-electron chi connectivity index (χ0n) is 15.5. The van der Waals surface area contributed by atoms with Crippen LogP contribution in [0.2, 0.25) is 5.02 Å². The maximum Gasteiger partial charge on any atom is 0.231 e. The summed E-state index contributed by atoms with van der Waals surface area (Å²) in [6, 6.07) is 0. The van der Waals surface area contributed by atoms with E-state index in [0.717, 1.165) is 0 Å². The van der Waals surface area contributed by atoms with Gasteiger partial charge in [-0.3, -0.25) is 14.9 Å². The first-order valence-corrected chi connectivity index (χ1v) is 9.51. The first kappa shape index (κ1) is 18.9. The Labute approximate surface area is 172 Å². The molecule has 1 saturated carbocycles. The minimum atomic E-state index is -1.59. The van der Waals surface area contributed by atoms with E-state index >= 15 is 0 Å². The minimum absolute atomic E-state index is 0.198. The highest BCUT2D eigenvalue weighted by atomic mass is 35.5. The summed E-state index contributed by atoms with van der Waals surface area (Å²) in [5, 5.41) is 9.23. The number of fused-ring (bicyclic) bond motifs is 2. The van der Waals surface area contributed by atoms with E-state index in [1.165, 1.54) is 25.5 Å². The van der Waals surface area contributed by atoms with Gasteiger partial charge >= 0.3 is 0 Å². The van der Waals surface area contributed by atoms with Crippen LogP contribution in [0.15, 0.2) is 24.8 Å². The highest BCUT2D eigenvalue weighted by Crippen LogP contribution is 2.41. The second-order valence-corrected chi connectivity index (χ2v) is 7.58. The lowest BCUT2D eigenvalue weighted by Gasteiger charge is -2.12. The van der Waals surface area contributed by atoms with Crippen molar-refractivity contribution in [2.75, 3.05) is 5.32 Å². The molecular weight excluding hydrogens is 421 g/mol. The zero-order chi connectivity index (χ0) is 21.2. The number of hydrogen-bond donors (Lipinski definition) is 2. The first-order valence-electron chi connectivity index (χ1n) is 9.13. The molecule has 7 nitrogen and oxygen atoms in total. The number of nitrogens with one attached hydrogen (secondary N) is 2. The average molecular weight is 435 g/mol. The van der Waals surface area contributed by atoms with E-state index < -0.39 is 30.0 Å². The van der Waals surface area contributed by atoms with Gasteiger partial charge in [-0.25, -0.2) is 18.2 Å². The number of amides is 1. The third kappa shape index (κ3) is 2.90. The van der Waals surface area contributed by atoms with Gasteiger partial charge < -0.3 is 9.72 Å². The Morgan fingerprint density at radius 3 is 2.87 bits per heavy atom. The molecule has 1 fully saturated rings. The van der Waals surface area contributed by atoms with Gasteiger partial charge in [-0.1, -0.05) is 11.6 Å². The monoisotopic (exact) mass is 434 g/mol. The predicted octanol–water partition coefficient (Wildman–Crippen LogP) is 4.39. The molecule has 3 heterocycles. The van der Waals surface area contributed by atoms with Crippen LogP contribution in [0, 0.1) is 11.7 Å². The standard InChI is InChI=1S/C19H14ClF3N6O/c1-7(21)14-17(23)16(20)15(9-3-25-28-18(9)14)11-5-29-6-12(26-13(29)4-24-11)27-19(30)8-2-10(8)22/h3-8,10H,2H2,1H3,(H,25,28)(H,27,30)/t7?,8-,10+/m1/s1. The van der Waals surface area contributed by atoms with Gasteiger partial charge in [-0.2, -0.15) is 5.10 Å². The third-order valence-corrected chi connectivity index (χ3v) is 5.48. The van der Waals surface area contributed by atoms with Crippen molar-refractivity contribution in [3.8, 4) is 11.3 Å². The van der Waals surface area contributed by atoms with Crippen molar-refractivity contribution in [2.45, 2.75) is 25.7 Å². The Hall–Kier alpha value is -3.14. The van der Waals surface area contributed by atoms with Gasteiger partial charge in [-0.05, 0) is 13.3 Å². The van der Waals surface area contributed by atoms with E-state index in [-0.39, 0.29) is 33.9 Å². The van der Waals surface area contributed by atoms with Crippen LogP contribution in [0.25, 0.3) is 27.8 Å². The molecule has 0 spiro atoms. The molecule has 0 bridgehead atoms. The van der Waals surface area contributed by atoms with Gasteiger partial charge in [-0.15, -0.1) is 0 Å². The largest absolute Gasteiger partial charge is 0.309 e. The number of rotatable bonds is 4. The van der Waals surface area contributed by atoms with Crippen LogP contribution < -0.4 is 5.32 Å². The van der Waals surface area contributed by atoms with E-state index in [0.29, 0.717) is 16.7 Å². The van der Waals surface area contributed by atoms with Crippen molar-refractivity contribution in [1.29, 1.82) is 0 Å². The molecule has 3 aromatic heterocycles. The second kappa shape index (κ2) is 6.69. The summed E-state index contributed by atoms with van der Waals surface area (Å²) in [7, 11) is 0. The van der Waals surface area contributed by atoms with Crippen molar-refractivity contribution in [1.82, 2.24) is 24.6 Å². The molecule has 0 saturated heterocycles. The molecule has 0 aliphatic heterocycles. The molecule has 1 aromatic carbocycles. The lowest BCUT2D eigenvalue weighted by molar-refractivity contribution is -0.117. The van der Waals surface area contributed by atoms with Crippen LogP contribution in [0.1, 0.15) is 25.1 Å². The smallest absolute Gasteiger partial charge is 0.231 e. The molecule has 4 aromatic rings. The normalized spacial score (nSPS) is 19.4. The molecule has 11 heteroatoms. The van der Waals surface area contributed by atoms with Crippen LogP contribution in [0.5, 0.6) is 0 Å². The van der Waals surface area contributed by atoms with Gasteiger partial charge in [0, 0.05) is 22.7 Å². The fourth-order valence-corrected chi connectivity index (χ4v) is 3.80. The number of nitrogens with zero attached hydrogens (tertiary/aromatic N) is 4. The molecule has 154 valence electrons. The average Bonchev–Trinajstić information content (AvgIpc) is 3.08. The van der Waals surface area contributed by atoms with Crippen molar-refractivity contribution >= 4 is 39.9 Å². The van der Waals surface area contributed by atoms with Gasteiger partial charge in [0.1, 0.15) is 12.3 Å². The summed E-state index contributed by atoms with van der Waals surface area (Å²) >= 11 is 6.25. The lowest BCUT2D eigenvalue weighted by atomic mass is 10.0. The van der Waals surface area contributed by atoms with Gasteiger partial charge in [0.15, 0.2) is 17.3 Å². The Morgan fingerprint density at radius 2 is 2.17 bits per heavy atom. The molecule has 0 radical (unpaired) electrons. The zero-order valence-corrected chi connectivity index (χ0v) is 16.2. The fourth-order valence-electron chi connectivity index (χ4n) is 3.50. The van der Waals surface area contributed by atoms with Crippen molar-refractivity contribution in [3.05, 3.63) is 41.2 Å². The first-order chi connectivity index (χ1) is 14.3. The van der Waals surface area contributed by atoms with Crippen LogP contribution in [-0.2, 0) is 4.79 Å². The van der Waals surface area contributed by atoms with Crippen LogP contribution in [-0.4, -0.2) is 36.6 Å². The van der Waals surface area contributed by atoms with Crippen LogP contribution in [0.3, 0.4) is 0 Å². The van der Waals surface area contributed by atoms with Crippen molar-refractivity contribution in [3.63, 3.8) is 0 Å². The number of aromatic nitrogens is 5. The van der Waals surface area contributed by atoms with E-state index in [2.05, 4.69) is 25.5 Å². The number of H-pyrrole nitrogens is 1. The SMILES string of the molecule is CC(F)c1c(F)c(Cl)c(-c2cn3cc(NC(=O)[C@@H]4C[C@@H]4F)nc3cn2)c2cn[nH]c12. The summed E-state index contributed by atoms with van der Waals surface area (Å²) in [6.07, 6.45) is 3.44. The van der Waals surface area contributed by atoms with Crippen molar-refractivity contribution in [2.24, 2.45) is 5.92 Å². The number of anilines is 1. The van der Waals surface area contributed by atoms with Crippen LogP contribution >= 0.6 is 11.6 Å². The topological polar surface area (TPSA) is 88.0 Å². The summed E-state index contributed by atoms with van der Waals surface area (Å²) in [6.45, 7) is 1.22. The van der Waals surface area contributed by atoms with Crippen molar-refractivity contribution < 1.29 is 18.0 Å². The van der Waals surface area contributed by atoms with E-state index in [1.54, 1.807) is 10.6 Å². The number of aromatic amines is 1. The molecular formula is C19H14ClF3N6O. The maximum atomic E-state index is 14.8. The maximum absolute atomic E-state index is 14.8. The quantitative estimate of drug-likeness (QED) is 0.498. The van der Waals surface area contributed by atoms with Gasteiger partial charge in [0.2, 0.25) is 5.91 Å². The Bertz CT molecular complexity index is 1320. The third-order valence-electron chi connectivity index (χ3n) is 5.12. The molecule has 1 amide bonds. The van der Waals surface area contributed by atoms with Gasteiger partial charge in [0.25, 0.3) is 0 Å². The summed E-state index contributed by atoms with van der Waals surface area (Å²) < 4.78 is 43.4. The number of alkyl halides is 2. The fraction of sp³-hybridized carbons (Fsp3) is 0.263. The molecule has 1 aliphatic carbocycles. The number of benzene rings is 1. The van der Waals surface area contributed by atoms with E-state index in [9.17, 15) is 18.0 Å². The number of carbonyl (C=O) groups excluding carboxylic acids is 1. The van der Waals surface area contributed by atoms with Gasteiger partial charge in [0.05, 0.1) is 40.7 Å². The summed E-state index contributed by atoms with van der Waals surface area (Å²) in [5.41, 5.74) is 0.971. The highest BCUT2D eigenvalue weighted by Gasteiger charge is 2.43. The highest BCUT2D eigenvalue weighted by molar-refractivity contribution is 6.35. The molecule has 3 atom stereocenters. The molecule has 2 N–H and O–H groups in total. The molecule has 5 rings (SSSR count). The second-order valence-electron chi connectivity index (χ2n) is 7.20. The Kier molecular flexibility index (Phi) is 4.21. The predicted molar refractivity (Wildman–Crippen MR) is 104 cm³/mol. The number of halogens is 4. The Morgan fingerprint density at radius 1 is 1.40 bits per heavy atom. The van der Waals surface area contributed by atoms with Crippen LogP contribution in [0.4, 0.5) is 19.0 Å². The number of hydrogen-bond acceptors (Lipinski definition) is 4. The lowest BCUT2D eigenvalue weighted by Crippen LogP contribution is -2.15. The number of imidazole rings is 1. The summed E-state index contributed by atoms with van der Waals surface area (Å²) in [5.74, 6) is -1.72. The summed E-state index contributed by atoms with van der Waals surface area (Å²) in [4.78, 5) is 20.4. The Balaban J connectivity index is 1.59. The molecule has 1 aliphatic rings. The van der Waals surface area contributed by atoms with E-state index in [4.69, 9.17) is 11.6 Å². The molecule has 1 unspecified atom stereocenters. The van der Waals surface area contributed by atoms with E-state index in [1.807, 2.05) is 0 Å². The number of carbonyl (C=O) groups is 1. The molecule has 30 heavy (non-hydrogen) atoms. The minimum Gasteiger partial charge on any atom is -0.309 e.